The second kappa shape index (κ2) is 15.8. The Morgan fingerprint density at radius 2 is 1.52 bits per heavy atom. The monoisotopic (exact) mass is 877 g/mol. The van der Waals surface area contributed by atoms with Crippen molar-refractivity contribution in [2.75, 3.05) is 0 Å². The molecule has 4 aromatic carbocycles. The summed E-state index contributed by atoms with van der Waals surface area (Å²) < 4.78 is 23.7. The van der Waals surface area contributed by atoms with Crippen molar-refractivity contribution in [1.82, 2.24) is 9.97 Å². The molecule has 9 rings (SSSR count). The minimum absolute atomic E-state index is 0. The Kier molecular flexibility index (Phi) is 10.3. The van der Waals surface area contributed by atoms with Crippen molar-refractivity contribution in [1.29, 1.82) is 0 Å². The van der Waals surface area contributed by atoms with Crippen LogP contribution in [0.1, 0.15) is 58.0 Å². The first kappa shape index (κ1) is 33.7. The zero-order valence-electron chi connectivity index (χ0n) is 32.3. The smallest absolute Gasteiger partial charge is 0.121 e. The van der Waals surface area contributed by atoms with E-state index < -0.39 is 14.4 Å². The van der Waals surface area contributed by atoms with Crippen LogP contribution in [0.15, 0.2) is 114 Å². The molecule has 1 saturated carbocycles. The molecule has 3 nitrogen and oxygen atoms in total. The van der Waals surface area contributed by atoms with Crippen LogP contribution in [0, 0.1) is 18.1 Å². The van der Waals surface area contributed by atoms with Crippen molar-refractivity contribution in [3.8, 4) is 33.6 Å². The van der Waals surface area contributed by atoms with E-state index >= 15 is 0 Å². The van der Waals surface area contributed by atoms with E-state index in [-0.39, 0.29) is 26.0 Å². The fourth-order valence-corrected chi connectivity index (χ4v) is 8.59. The summed E-state index contributed by atoms with van der Waals surface area (Å²) in [6.07, 6.45) is 11.6. The number of aromatic nitrogens is 2. The number of hydrogen-bond acceptors (Lipinski definition) is 3. The average molecular weight is 877 g/mol. The standard InChI is InChI=1S/C29H24NO.C18H22NSi.Ir/c1-2-9-22(10-3-1)24-11-6-12-28-29(24)25-19-23(13-14-27(25)31-28)26-18-21(15-16-30-26)17-20-7-4-5-8-20;1-20(2,3)17-10-11-18(19-13-17)16-9-8-14-6-4-5-7-15(14)12-16;/h1-3,6,9-12,14-16,18-20H,4-5,7-8,17H2;8,10-13H,4-7H2,1-3H3;/q2*-1;/i17D2;;. The molecular weight excluding hydrogens is 829 g/mol. The second-order valence-corrected chi connectivity index (χ2v) is 20.2. The molecule has 0 N–H and O–H groups in total. The zero-order chi connectivity index (χ0) is 36.6. The topological polar surface area (TPSA) is 38.9 Å². The average Bonchev–Trinajstić information content (AvgIpc) is 3.88. The largest absolute Gasteiger partial charge is 0.500 e. The maximum absolute atomic E-state index is 8.77. The molecule has 265 valence electrons. The van der Waals surface area contributed by atoms with Crippen molar-refractivity contribution in [3.05, 3.63) is 138 Å². The van der Waals surface area contributed by atoms with Crippen LogP contribution < -0.4 is 5.19 Å². The van der Waals surface area contributed by atoms with E-state index in [1.165, 1.54) is 42.0 Å². The van der Waals surface area contributed by atoms with Crippen LogP contribution in [-0.4, -0.2) is 18.0 Å². The van der Waals surface area contributed by atoms with Gasteiger partial charge in [0.1, 0.15) is 5.58 Å². The molecule has 3 aromatic heterocycles. The van der Waals surface area contributed by atoms with E-state index in [1.807, 2.05) is 48.5 Å². The first-order valence-electron chi connectivity index (χ1n) is 19.5. The van der Waals surface area contributed by atoms with E-state index in [4.69, 9.17) is 7.16 Å². The molecule has 0 atom stereocenters. The summed E-state index contributed by atoms with van der Waals surface area (Å²) >= 11 is 0. The van der Waals surface area contributed by atoms with Gasteiger partial charge in [-0.15, -0.1) is 58.7 Å². The number of hydrogen-bond donors (Lipinski definition) is 0. The van der Waals surface area contributed by atoms with Crippen LogP contribution >= 0.6 is 0 Å². The number of rotatable bonds is 6. The van der Waals surface area contributed by atoms with Crippen molar-refractivity contribution in [2.24, 2.45) is 5.92 Å². The van der Waals surface area contributed by atoms with Crippen LogP contribution in [0.25, 0.3) is 55.6 Å². The predicted molar refractivity (Wildman–Crippen MR) is 215 cm³/mol. The molecule has 7 aromatic rings. The van der Waals surface area contributed by atoms with Crippen LogP contribution in [0.2, 0.25) is 19.6 Å². The fourth-order valence-electron chi connectivity index (χ4n) is 7.56. The van der Waals surface area contributed by atoms with Crippen LogP contribution in [0.5, 0.6) is 0 Å². The minimum Gasteiger partial charge on any atom is -0.500 e. The molecule has 0 spiro atoms. The first-order chi connectivity index (χ1) is 25.6. The van der Waals surface area contributed by atoms with E-state index in [0.29, 0.717) is 5.56 Å². The van der Waals surface area contributed by atoms with E-state index in [0.717, 1.165) is 81.3 Å². The van der Waals surface area contributed by atoms with Gasteiger partial charge in [-0.3, -0.25) is 0 Å². The third-order valence-electron chi connectivity index (χ3n) is 10.5. The Morgan fingerprint density at radius 1 is 0.750 bits per heavy atom. The van der Waals surface area contributed by atoms with Gasteiger partial charge in [0, 0.05) is 40.6 Å². The number of aryl methyl sites for hydroxylation is 2. The minimum atomic E-state index is -1.35. The van der Waals surface area contributed by atoms with Crippen molar-refractivity contribution in [3.63, 3.8) is 0 Å². The SMILES string of the molecule is C[Si](C)(C)c1ccc(-c2[c-]cc3c(c2)CCCC3)nc1.[2H]C([2H])(c1ccnc(-c2[c-]cc3oc4cccc(-c5ccccc5)c4c3c2)c1)C1CCCC1.[Ir]. The Hall–Kier alpha value is -4.15. The number of nitrogens with zero attached hydrogens (tertiary/aromatic N) is 2. The van der Waals surface area contributed by atoms with Gasteiger partial charge in [-0.2, -0.15) is 0 Å². The van der Waals surface area contributed by atoms with E-state index in [9.17, 15) is 0 Å². The molecule has 0 saturated heterocycles. The molecule has 3 heterocycles. The van der Waals surface area contributed by atoms with Gasteiger partial charge in [0.2, 0.25) is 0 Å². The van der Waals surface area contributed by atoms with E-state index in [2.05, 4.69) is 96.5 Å². The summed E-state index contributed by atoms with van der Waals surface area (Å²) in [6.45, 7) is 7.07. The number of pyridine rings is 2. The summed E-state index contributed by atoms with van der Waals surface area (Å²) in [7, 11) is -1.25. The van der Waals surface area contributed by atoms with Crippen molar-refractivity contribution < 1.29 is 27.3 Å². The van der Waals surface area contributed by atoms with Crippen molar-refractivity contribution in [2.45, 2.75) is 77.4 Å². The summed E-state index contributed by atoms with van der Waals surface area (Å²) in [5.41, 5.74) is 11.4. The van der Waals surface area contributed by atoms with Gasteiger partial charge >= 0.3 is 0 Å². The maximum atomic E-state index is 8.77. The van der Waals surface area contributed by atoms with Gasteiger partial charge in [-0.25, -0.2) is 0 Å². The maximum Gasteiger partial charge on any atom is 0.121 e. The first-order valence-corrected chi connectivity index (χ1v) is 22.0. The number of furan rings is 1. The van der Waals surface area contributed by atoms with Gasteiger partial charge in [0.25, 0.3) is 0 Å². The summed E-state index contributed by atoms with van der Waals surface area (Å²) in [5, 5.41) is 3.51. The van der Waals surface area contributed by atoms with Crippen LogP contribution in [-0.2, 0) is 39.3 Å². The Bertz CT molecular complexity index is 2380. The number of fused-ring (bicyclic) bond motifs is 4. The molecule has 0 unspecified atom stereocenters. The van der Waals surface area contributed by atoms with E-state index in [1.54, 1.807) is 6.20 Å². The quantitative estimate of drug-likeness (QED) is 0.123. The second-order valence-electron chi connectivity index (χ2n) is 15.1. The zero-order valence-corrected chi connectivity index (χ0v) is 33.7. The van der Waals surface area contributed by atoms with Gasteiger partial charge < -0.3 is 14.4 Å². The summed E-state index contributed by atoms with van der Waals surface area (Å²) in [5.74, 6) is 0.0745. The molecule has 1 radical (unpaired) electrons. The van der Waals surface area contributed by atoms with Crippen LogP contribution in [0.3, 0.4) is 0 Å². The molecule has 1 fully saturated rings. The predicted octanol–water partition coefficient (Wildman–Crippen LogP) is 11.8. The third-order valence-corrected chi connectivity index (χ3v) is 12.5. The Morgan fingerprint density at radius 3 is 2.29 bits per heavy atom. The summed E-state index contributed by atoms with van der Waals surface area (Å²) in [4.78, 5) is 9.24. The molecule has 2 aliphatic rings. The molecule has 5 heteroatoms. The Labute approximate surface area is 326 Å². The molecule has 0 aliphatic heterocycles. The Balaban J connectivity index is 0.000000184. The molecule has 0 bridgehead atoms. The molecular formula is C47H46IrN2OSi-2. The van der Waals surface area contributed by atoms with Gasteiger partial charge in [0.05, 0.1) is 13.7 Å². The van der Waals surface area contributed by atoms with Gasteiger partial charge in [-0.05, 0) is 58.5 Å². The third kappa shape index (κ3) is 7.93. The molecule has 0 amide bonds. The van der Waals surface area contributed by atoms with Gasteiger partial charge in [0.15, 0.2) is 0 Å². The fraction of sp³-hybridized carbons (Fsp3) is 0.277. The molecule has 2 aliphatic carbocycles. The number of benzene rings is 4. The normalized spacial score (nSPS) is 15.3. The molecule has 52 heavy (non-hydrogen) atoms. The van der Waals surface area contributed by atoms with Gasteiger partial charge in [-0.1, -0.05) is 136 Å². The van der Waals surface area contributed by atoms with Crippen LogP contribution in [0.4, 0.5) is 0 Å². The summed E-state index contributed by atoms with van der Waals surface area (Å²) in [6, 6.07) is 39.8. The van der Waals surface area contributed by atoms with Crippen molar-refractivity contribution >= 4 is 35.2 Å².